The Bertz CT molecular complexity index is 3420. The molecule has 0 aliphatic carbocycles. The van der Waals surface area contributed by atoms with E-state index in [1.165, 1.54) is 0 Å². The van der Waals surface area contributed by atoms with Crippen LogP contribution in [-0.2, 0) is 0 Å². The van der Waals surface area contributed by atoms with Crippen molar-refractivity contribution < 1.29 is 0 Å². The molecule has 0 fully saturated rings. The molecule has 10 rings (SSSR count). The molecular weight excluding hydrogens is 711 g/mol. The van der Waals surface area contributed by atoms with Crippen molar-refractivity contribution >= 4 is 49.3 Å². The number of nitrogens with zero attached hydrogens (tertiary/aromatic N) is 7. The molecule has 3 heterocycles. The predicted molar refractivity (Wildman–Crippen MR) is 232 cm³/mol. The molecule has 0 aliphatic heterocycles. The van der Waals surface area contributed by atoms with Crippen LogP contribution in [-0.4, -0.2) is 19.1 Å². The Morgan fingerprint density at radius 2 is 1.00 bits per heavy atom. The van der Waals surface area contributed by atoms with Gasteiger partial charge in [0.25, 0.3) is 0 Å². The summed E-state index contributed by atoms with van der Waals surface area (Å²) in [6.07, 6.45) is 0. The van der Waals surface area contributed by atoms with Crippen LogP contribution in [0, 0.1) is 43.1 Å². The second-order valence-corrected chi connectivity index (χ2v) is 14.5. The Labute approximate surface area is 334 Å². The Hall–Kier alpha value is -8.31. The highest BCUT2D eigenvalue weighted by molar-refractivity contribution is 6.12. The SMILES string of the molecule is [C-]#[N+]c1ccc(-c2ccc3c4ccccc4n(-c4cc(C#N)c(-n5c6ccccc6c6ccc(-c7ccc(C#N)cc7)cc65)cc4-c4nc(C)cc(C)n4)c3c2)cc1. The molecule has 7 heteroatoms. The van der Waals surface area contributed by atoms with Crippen LogP contribution in [0.15, 0.2) is 152 Å². The lowest BCUT2D eigenvalue weighted by Gasteiger charge is -2.18. The molecule has 270 valence electrons. The van der Waals surface area contributed by atoms with Crippen molar-refractivity contribution in [3.8, 4) is 57.2 Å². The van der Waals surface area contributed by atoms with Crippen LogP contribution in [0.4, 0.5) is 5.69 Å². The zero-order valence-corrected chi connectivity index (χ0v) is 31.6. The minimum absolute atomic E-state index is 0.492. The molecule has 0 atom stereocenters. The van der Waals surface area contributed by atoms with Gasteiger partial charge in [-0.15, -0.1) is 0 Å². The van der Waals surface area contributed by atoms with Crippen molar-refractivity contribution in [3.63, 3.8) is 0 Å². The van der Waals surface area contributed by atoms with Crippen LogP contribution in [0.2, 0.25) is 0 Å². The third-order valence-electron chi connectivity index (χ3n) is 11.0. The van der Waals surface area contributed by atoms with Crippen molar-refractivity contribution in [2.75, 3.05) is 0 Å². The molecule has 10 aromatic rings. The average Bonchev–Trinajstić information content (AvgIpc) is 3.77. The summed E-state index contributed by atoms with van der Waals surface area (Å²) in [5.74, 6) is 0.564. The second-order valence-electron chi connectivity index (χ2n) is 14.5. The highest BCUT2D eigenvalue weighted by Crippen LogP contribution is 2.42. The van der Waals surface area contributed by atoms with Gasteiger partial charge in [0.05, 0.1) is 57.2 Å². The summed E-state index contributed by atoms with van der Waals surface area (Å²) >= 11 is 0. The van der Waals surface area contributed by atoms with E-state index in [4.69, 9.17) is 16.5 Å². The third kappa shape index (κ3) is 5.48. The summed E-state index contributed by atoms with van der Waals surface area (Å²) in [6.45, 7) is 11.4. The summed E-state index contributed by atoms with van der Waals surface area (Å²) < 4.78 is 4.42. The van der Waals surface area contributed by atoms with Crippen molar-refractivity contribution in [2.45, 2.75) is 13.8 Å². The average molecular weight is 742 g/mol. The first-order valence-corrected chi connectivity index (χ1v) is 18.9. The Morgan fingerprint density at radius 3 is 1.53 bits per heavy atom. The van der Waals surface area contributed by atoms with Gasteiger partial charge in [-0.2, -0.15) is 10.5 Å². The van der Waals surface area contributed by atoms with E-state index in [9.17, 15) is 10.5 Å². The Kier molecular flexibility index (Phi) is 7.94. The van der Waals surface area contributed by atoms with E-state index in [1.54, 1.807) is 0 Å². The molecule has 0 radical (unpaired) electrons. The van der Waals surface area contributed by atoms with E-state index >= 15 is 0 Å². The van der Waals surface area contributed by atoms with Gasteiger partial charge in [-0.3, -0.25) is 0 Å². The van der Waals surface area contributed by atoms with Gasteiger partial charge in [0.2, 0.25) is 0 Å². The van der Waals surface area contributed by atoms with Crippen LogP contribution in [0.3, 0.4) is 0 Å². The summed E-state index contributed by atoms with van der Waals surface area (Å²) in [6, 6.07) is 55.6. The van der Waals surface area contributed by atoms with Crippen LogP contribution in [0.1, 0.15) is 22.5 Å². The lowest BCUT2D eigenvalue weighted by atomic mass is 10.0. The standard InChI is InChI=1S/C51H31N7/c1-31-24-32(2)56-51(55-31)44-28-47(57-45-10-6-4-8-40(45)42-22-18-36(25-48(42)57)34-14-12-33(29-52)13-15-34)38(30-53)27-50(44)58-46-11-7-5-9-41(46)43-23-19-37(26-49(43)58)35-16-20-39(54-3)21-17-35/h4-28H,1-2H3. The summed E-state index contributed by atoms with van der Waals surface area (Å²) in [5.41, 5.74) is 13.5. The fourth-order valence-electron chi connectivity index (χ4n) is 8.35. The highest BCUT2D eigenvalue weighted by Gasteiger charge is 2.23. The van der Waals surface area contributed by atoms with E-state index < -0.39 is 0 Å². The molecule has 0 amide bonds. The molecule has 3 aromatic heterocycles. The summed E-state index contributed by atoms with van der Waals surface area (Å²) in [5, 5.41) is 24.8. The van der Waals surface area contributed by atoms with Gasteiger partial charge in [0.15, 0.2) is 11.5 Å². The normalized spacial score (nSPS) is 11.2. The van der Waals surface area contributed by atoms with E-state index in [2.05, 4.69) is 98.9 Å². The number of benzene rings is 7. The van der Waals surface area contributed by atoms with Crippen LogP contribution in [0.25, 0.3) is 93.5 Å². The quantitative estimate of drug-likeness (QED) is 0.164. The van der Waals surface area contributed by atoms with Gasteiger partial charge in [0, 0.05) is 38.5 Å². The molecule has 0 aliphatic rings. The van der Waals surface area contributed by atoms with Gasteiger partial charge < -0.3 is 9.13 Å². The van der Waals surface area contributed by atoms with E-state index in [-0.39, 0.29) is 0 Å². The molecule has 0 unspecified atom stereocenters. The summed E-state index contributed by atoms with van der Waals surface area (Å²) in [4.78, 5) is 13.6. The topological polar surface area (TPSA) is 87.6 Å². The lowest BCUT2D eigenvalue weighted by molar-refractivity contribution is 1.05. The Morgan fingerprint density at radius 1 is 0.500 bits per heavy atom. The van der Waals surface area contributed by atoms with Crippen LogP contribution in [0.5, 0.6) is 0 Å². The first-order valence-electron chi connectivity index (χ1n) is 18.9. The second kappa shape index (κ2) is 13.5. The van der Waals surface area contributed by atoms with Crippen molar-refractivity contribution in [3.05, 3.63) is 186 Å². The summed E-state index contributed by atoms with van der Waals surface area (Å²) in [7, 11) is 0. The molecule has 0 saturated carbocycles. The minimum Gasteiger partial charge on any atom is -0.308 e. The molecular formula is C51H31N7. The molecule has 58 heavy (non-hydrogen) atoms. The maximum Gasteiger partial charge on any atom is 0.187 e. The molecule has 0 N–H and O–H groups in total. The van der Waals surface area contributed by atoms with Gasteiger partial charge in [0.1, 0.15) is 6.07 Å². The number of para-hydroxylation sites is 2. The fourth-order valence-corrected chi connectivity index (χ4v) is 8.35. The van der Waals surface area contributed by atoms with E-state index in [1.807, 2.05) is 92.7 Å². The van der Waals surface area contributed by atoms with E-state index in [0.717, 1.165) is 88.5 Å². The van der Waals surface area contributed by atoms with Gasteiger partial charge >= 0.3 is 0 Å². The number of hydrogen-bond acceptors (Lipinski definition) is 4. The largest absolute Gasteiger partial charge is 0.308 e. The lowest BCUT2D eigenvalue weighted by Crippen LogP contribution is -2.06. The number of aromatic nitrogens is 4. The monoisotopic (exact) mass is 741 g/mol. The molecule has 7 aromatic carbocycles. The first kappa shape index (κ1) is 34.2. The number of aryl methyl sites for hydroxylation is 2. The fraction of sp³-hybridized carbons (Fsp3) is 0.0392. The van der Waals surface area contributed by atoms with Crippen LogP contribution >= 0.6 is 0 Å². The van der Waals surface area contributed by atoms with Crippen LogP contribution < -0.4 is 0 Å². The number of fused-ring (bicyclic) bond motifs is 6. The van der Waals surface area contributed by atoms with Crippen molar-refractivity contribution in [2.24, 2.45) is 0 Å². The molecule has 0 bridgehead atoms. The van der Waals surface area contributed by atoms with E-state index in [0.29, 0.717) is 28.3 Å². The number of hydrogen-bond donors (Lipinski definition) is 0. The predicted octanol–water partition coefficient (Wildman–Crippen LogP) is 12.6. The van der Waals surface area contributed by atoms with Crippen molar-refractivity contribution in [1.29, 1.82) is 10.5 Å². The zero-order valence-electron chi connectivity index (χ0n) is 31.6. The van der Waals surface area contributed by atoms with Gasteiger partial charge in [-0.05, 0) is 90.7 Å². The third-order valence-corrected chi connectivity index (χ3v) is 11.0. The molecule has 7 nitrogen and oxygen atoms in total. The van der Waals surface area contributed by atoms with Gasteiger partial charge in [-0.25, -0.2) is 14.8 Å². The van der Waals surface area contributed by atoms with Gasteiger partial charge in [-0.1, -0.05) is 97.1 Å². The smallest absolute Gasteiger partial charge is 0.187 e. The minimum atomic E-state index is 0.492. The first-order chi connectivity index (χ1) is 28.4. The zero-order chi connectivity index (χ0) is 39.5. The maximum atomic E-state index is 11.1. The number of rotatable bonds is 5. The number of nitriles is 2. The molecule has 0 saturated heterocycles. The maximum absolute atomic E-state index is 11.1. The molecule has 0 spiro atoms. The Balaban J connectivity index is 1.29. The highest BCUT2D eigenvalue weighted by atomic mass is 15.0. The van der Waals surface area contributed by atoms with Crippen molar-refractivity contribution in [1.82, 2.24) is 19.1 Å².